The molecule has 4 nitrogen and oxygen atoms in total. The van der Waals surface area contributed by atoms with Crippen molar-refractivity contribution in [2.75, 3.05) is 7.05 Å². The summed E-state index contributed by atoms with van der Waals surface area (Å²) >= 11 is 0. The molecule has 0 saturated carbocycles. The van der Waals surface area contributed by atoms with Crippen LogP contribution in [-0.4, -0.2) is 21.7 Å². The minimum Gasteiger partial charge on any atom is -0.388 e. The molecular formula is C15H16F3N3O. The number of aryl methyl sites for hydroxylation is 1. The Hall–Kier alpha value is -1.86. The average molecular weight is 311 g/mol. The van der Waals surface area contributed by atoms with E-state index in [1.807, 2.05) is 19.2 Å². The smallest absolute Gasteiger partial charge is 0.388 e. The summed E-state index contributed by atoms with van der Waals surface area (Å²) < 4.78 is 40.0. The number of fused-ring (bicyclic) bond motifs is 3. The van der Waals surface area contributed by atoms with Crippen molar-refractivity contribution in [3.63, 3.8) is 0 Å². The zero-order valence-electron chi connectivity index (χ0n) is 12.0. The molecule has 1 atom stereocenters. The molecule has 1 aromatic carbocycles. The Morgan fingerprint density at radius 1 is 1.41 bits per heavy atom. The third-order valence-corrected chi connectivity index (χ3v) is 3.81. The molecule has 7 heteroatoms. The van der Waals surface area contributed by atoms with Crippen molar-refractivity contribution >= 4 is 0 Å². The van der Waals surface area contributed by atoms with Crippen LogP contribution in [0.2, 0.25) is 0 Å². The van der Waals surface area contributed by atoms with Crippen molar-refractivity contribution in [3.8, 4) is 11.4 Å². The van der Waals surface area contributed by atoms with Crippen LogP contribution in [-0.2, 0) is 19.3 Å². The maximum absolute atomic E-state index is 12.9. The van der Waals surface area contributed by atoms with Crippen molar-refractivity contribution in [1.29, 1.82) is 0 Å². The number of imidazole rings is 1. The first-order chi connectivity index (χ1) is 10.4. The van der Waals surface area contributed by atoms with E-state index < -0.39 is 18.0 Å². The number of halogens is 3. The van der Waals surface area contributed by atoms with Crippen molar-refractivity contribution < 1.29 is 18.3 Å². The lowest BCUT2D eigenvalue weighted by Gasteiger charge is -2.13. The summed E-state index contributed by atoms with van der Waals surface area (Å²) in [6.07, 6.45) is -3.80. The number of aromatic nitrogens is 2. The molecule has 2 heterocycles. The molecule has 22 heavy (non-hydrogen) atoms. The molecule has 2 aromatic rings. The fourth-order valence-corrected chi connectivity index (χ4v) is 2.76. The fourth-order valence-electron chi connectivity index (χ4n) is 2.76. The summed E-state index contributed by atoms with van der Waals surface area (Å²) in [4.78, 5) is 3.74. The highest BCUT2D eigenvalue weighted by Crippen LogP contribution is 2.37. The largest absolute Gasteiger partial charge is 0.434 e. The Balaban J connectivity index is 2.12. The van der Waals surface area contributed by atoms with Crippen molar-refractivity contribution in [2.45, 2.75) is 31.8 Å². The molecule has 0 bridgehead atoms. The minimum atomic E-state index is -4.47. The minimum absolute atomic E-state index is 0.259. The van der Waals surface area contributed by atoms with Crippen LogP contribution in [0, 0.1) is 0 Å². The molecule has 118 valence electrons. The Morgan fingerprint density at radius 2 is 2.18 bits per heavy atom. The van der Waals surface area contributed by atoms with Gasteiger partial charge in [0, 0.05) is 24.8 Å². The van der Waals surface area contributed by atoms with Gasteiger partial charge >= 0.3 is 6.18 Å². The molecule has 1 aliphatic heterocycles. The third-order valence-electron chi connectivity index (χ3n) is 3.81. The highest BCUT2D eigenvalue weighted by atomic mass is 19.4. The number of nitrogens with zero attached hydrogens (tertiary/aromatic N) is 2. The zero-order chi connectivity index (χ0) is 15.9. The van der Waals surface area contributed by atoms with E-state index in [1.54, 1.807) is 6.07 Å². The average Bonchev–Trinajstić information content (AvgIpc) is 2.84. The van der Waals surface area contributed by atoms with Crippen LogP contribution in [0.5, 0.6) is 0 Å². The highest BCUT2D eigenvalue weighted by molar-refractivity contribution is 5.63. The fraction of sp³-hybridized carbons (Fsp3) is 0.400. The summed E-state index contributed by atoms with van der Waals surface area (Å²) in [5.74, 6) is 0.259. The van der Waals surface area contributed by atoms with E-state index in [2.05, 4.69) is 10.3 Å². The van der Waals surface area contributed by atoms with Gasteiger partial charge in [-0.2, -0.15) is 13.2 Å². The second kappa shape index (κ2) is 5.40. The molecule has 0 spiro atoms. The van der Waals surface area contributed by atoms with Crippen molar-refractivity contribution in [2.24, 2.45) is 0 Å². The molecular weight excluding hydrogens is 295 g/mol. The van der Waals surface area contributed by atoms with Crippen molar-refractivity contribution in [1.82, 2.24) is 14.9 Å². The lowest BCUT2D eigenvalue weighted by molar-refractivity contribution is -0.140. The number of hydrogen-bond acceptors (Lipinski definition) is 3. The monoisotopic (exact) mass is 311 g/mol. The number of alkyl halides is 3. The highest BCUT2D eigenvalue weighted by Gasteiger charge is 2.36. The lowest BCUT2D eigenvalue weighted by Crippen LogP contribution is -2.07. The third kappa shape index (κ3) is 2.62. The van der Waals surface area contributed by atoms with Gasteiger partial charge in [-0.15, -0.1) is 0 Å². The summed E-state index contributed by atoms with van der Waals surface area (Å²) in [6, 6.07) is 5.39. The van der Waals surface area contributed by atoms with Crippen molar-refractivity contribution in [3.05, 3.63) is 41.2 Å². The lowest BCUT2D eigenvalue weighted by atomic mass is 9.98. The van der Waals surface area contributed by atoms with Gasteiger partial charge in [-0.1, -0.05) is 18.2 Å². The first-order valence-corrected chi connectivity index (χ1v) is 7.00. The molecule has 3 rings (SSSR count). The molecule has 0 amide bonds. The van der Waals surface area contributed by atoms with Crippen LogP contribution < -0.4 is 5.32 Å². The number of aliphatic hydroxyl groups is 1. The van der Waals surface area contributed by atoms with E-state index in [9.17, 15) is 18.3 Å². The molecule has 0 saturated heterocycles. The van der Waals surface area contributed by atoms with Gasteiger partial charge in [0.05, 0.1) is 6.10 Å². The summed E-state index contributed by atoms with van der Waals surface area (Å²) in [6.45, 7) is 0.928. The molecule has 0 aliphatic carbocycles. The van der Waals surface area contributed by atoms with Gasteiger partial charge in [-0.3, -0.25) is 0 Å². The Kier molecular flexibility index (Phi) is 3.70. The van der Waals surface area contributed by atoms with Gasteiger partial charge in [0.1, 0.15) is 5.82 Å². The van der Waals surface area contributed by atoms with Gasteiger partial charge < -0.3 is 15.0 Å². The van der Waals surface area contributed by atoms with Gasteiger partial charge in [0.2, 0.25) is 0 Å². The Bertz CT molecular complexity index is 694. The van der Waals surface area contributed by atoms with Gasteiger partial charge in [-0.25, -0.2) is 4.98 Å². The van der Waals surface area contributed by atoms with Crippen LogP contribution in [0.4, 0.5) is 13.2 Å². The standard InChI is InChI=1S/C15H16F3N3O/c1-19-7-9-2-3-10-11(6-9)12(22)4-5-21-8-13(15(16,17)18)20-14(10)21/h2-3,6,8,12,19,22H,4-5,7H2,1H3. The van der Waals surface area contributed by atoms with E-state index in [0.717, 1.165) is 11.8 Å². The predicted molar refractivity (Wildman–Crippen MR) is 75.0 cm³/mol. The van der Waals surface area contributed by atoms with Crippen LogP contribution >= 0.6 is 0 Å². The molecule has 1 aliphatic rings. The van der Waals surface area contributed by atoms with Crippen LogP contribution in [0.3, 0.4) is 0 Å². The molecule has 1 aromatic heterocycles. The normalized spacial score (nSPS) is 17.8. The number of nitrogens with one attached hydrogen (secondary N) is 1. The van der Waals surface area contributed by atoms with Crippen LogP contribution in [0.15, 0.2) is 24.4 Å². The molecule has 0 radical (unpaired) electrons. The first kappa shape index (κ1) is 15.1. The zero-order valence-corrected chi connectivity index (χ0v) is 12.0. The summed E-state index contributed by atoms with van der Waals surface area (Å²) in [7, 11) is 1.81. The van der Waals surface area contributed by atoms with Gasteiger partial charge in [0.15, 0.2) is 5.69 Å². The predicted octanol–water partition coefficient (Wildman–Crippen LogP) is 2.73. The number of aliphatic hydroxyl groups excluding tert-OH is 1. The maximum atomic E-state index is 12.9. The summed E-state index contributed by atoms with van der Waals surface area (Å²) in [5.41, 5.74) is 1.26. The Morgan fingerprint density at radius 3 is 2.86 bits per heavy atom. The van der Waals surface area contributed by atoms with E-state index in [0.29, 0.717) is 30.6 Å². The molecule has 0 fully saturated rings. The van der Waals surface area contributed by atoms with Crippen LogP contribution in [0.25, 0.3) is 11.4 Å². The van der Waals surface area contributed by atoms with E-state index in [1.165, 1.54) is 4.57 Å². The van der Waals surface area contributed by atoms with Gasteiger partial charge in [-0.05, 0) is 24.6 Å². The number of benzene rings is 1. The first-order valence-electron chi connectivity index (χ1n) is 7.00. The quantitative estimate of drug-likeness (QED) is 0.896. The number of hydrogen-bond donors (Lipinski definition) is 2. The summed E-state index contributed by atoms with van der Waals surface area (Å²) in [5, 5.41) is 13.3. The second-order valence-electron chi connectivity index (χ2n) is 5.40. The SMILES string of the molecule is CNCc1ccc2c(c1)C(O)CCn1cc(C(F)(F)F)nc1-2. The topological polar surface area (TPSA) is 50.1 Å². The molecule has 2 N–H and O–H groups in total. The number of rotatable bonds is 2. The molecule has 1 unspecified atom stereocenters. The van der Waals surface area contributed by atoms with Crippen LogP contribution in [0.1, 0.15) is 29.3 Å². The maximum Gasteiger partial charge on any atom is 0.434 e. The van der Waals surface area contributed by atoms with E-state index in [-0.39, 0.29) is 5.82 Å². The second-order valence-corrected chi connectivity index (χ2v) is 5.40. The Labute approximate surface area is 125 Å². The van der Waals surface area contributed by atoms with E-state index in [4.69, 9.17) is 0 Å². The van der Waals surface area contributed by atoms with E-state index >= 15 is 0 Å². The van der Waals surface area contributed by atoms with Gasteiger partial charge in [0.25, 0.3) is 0 Å².